The molecule has 2 nitrogen and oxygen atoms in total. The van der Waals surface area contributed by atoms with Crippen LogP contribution >= 0.6 is 11.6 Å². The van der Waals surface area contributed by atoms with Gasteiger partial charge < -0.3 is 11.1 Å². The highest BCUT2D eigenvalue weighted by Crippen LogP contribution is 2.34. The summed E-state index contributed by atoms with van der Waals surface area (Å²) in [6, 6.07) is 16.1. The lowest BCUT2D eigenvalue weighted by atomic mass is 9.80. The van der Waals surface area contributed by atoms with Gasteiger partial charge in [-0.1, -0.05) is 54.6 Å². The van der Waals surface area contributed by atoms with Crippen molar-refractivity contribution in [3.05, 3.63) is 77.0 Å². The zero-order valence-electron chi connectivity index (χ0n) is 11.2. The average molecular weight is 285 g/mol. The molecule has 0 spiro atoms. The van der Waals surface area contributed by atoms with Gasteiger partial charge in [-0.15, -0.1) is 0 Å². The largest absolute Gasteiger partial charge is 0.358 e. The lowest BCUT2D eigenvalue weighted by Gasteiger charge is -2.38. The molecule has 3 N–H and O–H groups in total. The molecule has 0 saturated carbocycles. The molecule has 3 rings (SSSR count). The summed E-state index contributed by atoms with van der Waals surface area (Å²) < 4.78 is 0. The SMILES string of the molecule is C=C1Nc2cc(Cl)ccc2CC1(N)Cc1ccccc1. The van der Waals surface area contributed by atoms with Crippen LogP contribution in [0.1, 0.15) is 11.1 Å². The van der Waals surface area contributed by atoms with Crippen LogP contribution in [0.4, 0.5) is 5.69 Å². The molecule has 1 heterocycles. The van der Waals surface area contributed by atoms with Crippen LogP contribution in [0, 0.1) is 0 Å². The van der Waals surface area contributed by atoms with Crippen LogP contribution in [-0.4, -0.2) is 5.54 Å². The molecule has 102 valence electrons. The third-order valence-corrected chi connectivity index (χ3v) is 4.06. The van der Waals surface area contributed by atoms with Gasteiger partial charge in [-0.25, -0.2) is 0 Å². The fraction of sp³-hybridized carbons (Fsp3) is 0.176. The van der Waals surface area contributed by atoms with E-state index >= 15 is 0 Å². The Labute approximate surface area is 124 Å². The Bertz CT molecular complexity index is 651. The minimum atomic E-state index is -0.470. The molecule has 1 unspecified atom stereocenters. The Morgan fingerprint density at radius 2 is 1.95 bits per heavy atom. The van der Waals surface area contributed by atoms with E-state index in [2.05, 4.69) is 24.0 Å². The fourth-order valence-electron chi connectivity index (χ4n) is 2.68. The van der Waals surface area contributed by atoms with Crippen LogP contribution < -0.4 is 11.1 Å². The first-order valence-corrected chi connectivity index (χ1v) is 7.02. The van der Waals surface area contributed by atoms with Crippen LogP contribution in [0.2, 0.25) is 5.02 Å². The van der Waals surface area contributed by atoms with Crippen molar-refractivity contribution in [3.63, 3.8) is 0 Å². The number of halogens is 1. The molecule has 0 amide bonds. The second-order valence-corrected chi connectivity index (χ2v) is 5.84. The molecule has 0 aliphatic carbocycles. The molecule has 1 aliphatic rings. The summed E-state index contributed by atoms with van der Waals surface area (Å²) >= 11 is 6.02. The van der Waals surface area contributed by atoms with E-state index in [0.29, 0.717) is 0 Å². The van der Waals surface area contributed by atoms with Crippen molar-refractivity contribution >= 4 is 17.3 Å². The molecule has 0 saturated heterocycles. The van der Waals surface area contributed by atoms with Crippen LogP contribution in [-0.2, 0) is 12.8 Å². The van der Waals surface area contributed by atoms with E-state index in [9.17, 15) is 0 Å². The normalized spacial score (nSPS) is 21.2. The zero-order valence-corrected chi connectivity index (χ0v) is 12.0. The van der Waals surface area contributed by atoms with Gasteiger partial charge >= 0.3 is 0 Å². The minimum Gasteiger partial charge on any atom is -0.358 e. The first kappa shape index (κ1) is 13.2. The van der Waals surface area contributed by atoms with Crippen molar-refractivity contribution in [1.29, 1.82) is 0 Å². The maximum Gasteiger partial charge on any atom is 0.0637 e. The molecule has 20 heavy (non-hydrogen) atoms. The molecule has 2 aromatic carbocycles. The Kier molecular flexibility index (Phi) is 3.28. The van der Waals surface area contributed by atoms with Gasteiger partial charge in [-0.2, -0.15) is 0 Å². The maximum atomic E-state index is 6.59. The molecule has 3 heteroatoms. The molecule has 2 aromatic rings. The van der Waals surface area contributed by atoms with Gasteiger partial charge in [0, 0.05) is 16.4 Å². The number of nitrogens with one attached hydrogen (secondary N) is 1. The van der Waals surface area contributed by atoms with Gasteiger partial charge in [0.25, 0.3) is 0 Å². The molecular weight excluding hydrogens is 268 g/mol. The van der Waals surface area contributed by atoms with Crippen molar-refractivity contribution in [3.8, 4) is 0 Å². The fourth-order valence-corrected chi connectivity index (χ4v) is 2.85. The zero-order chi connectivity index (χ0) is 14.2. The minimum absolute atomic E-state index is 0.470. The van der Waals surface area contributed by atoms with Gasteiger partial charge in [-0.05, 0) is 36.1 Å². The van der Waals surface area contributed by atoms with Crippen molar-refractivity contribution in [2.24, 2.45) is 5.73 Å². The summed E-state index contributed by atoms with van der Waals surface area (Å²) in [6.07, 6.45) is 1.53. The third-order valence-electron chi connectivity index (χ3n) is 3.83. The van der Waals surface area contributed by atoms with Crippen LogP contribution in [0.15, 0.2) is 60.8 Å². The highest BCUT2D eigenvalue weighted by Gasteiger charge is 2.34. The summed E-state index contributed by atoms with van der Waals surface area (Å²) in [7, 11) is 0. The summed E-state index contributed by atoms with van der Waals surface area (Å²) in [4.78, 5) is 0. The molecular formula is C17H17ClN2. The number of rotatable bonds is 2. The average Bonchev–Trinajstić information content (AvgIpc) is 2.42. The predicted molar refractivity (Wildman–Crippen MR) is 85.0 cm³/mol. The summed E-state index contributed by atoms with van der Waals surface area (Å²) in [5, 5.41) is 4.03. The second-order valence-electron chi connectivity index (χ2n) is 5.40. The van der Waals surface area contributed by atoms with E-state index in [1.54, 1.807) is 0 Å². The van der Waals surface area contributed by atoms with Crippen molar-refractivity contribution in [1.82, 2.24) is 0 Å². The molecule has 0 aromatic heterocycles. The Morgan fingerprint density at radius 1 is 1.20 bits per heavy atom. The number of hydrogen-bond acceptors (Lipinski definition) is 2. The first-order valence-electron chi connectivity index (χ1n) is 6.64. The summed E-state index contributed by atoms with van der Waals surface area (Å²) in [6.45, 7) is 4.11. The highest BCUT2D eigenvalue weighted by molar-refractivity contribution is 6.30. The summed E-state index contributed by atoms with van der Waals surface area (Å²) in [5.41, 5.74) is 10.4. The van der Waals surface area contributed by atoms with Crippen LogP contribution in [0.3, 0.4) is 0 Å². The van der Waals surface area contributed by atoms with Gasteiger partial charge in [-0.3, -0.25) is 0 Å². The molecule has 0 bridgehead atoms. The highest BCUT2D eigenvalue weighted by atomic mass is 35.5. The smallest absolute Gasteiger partial charge is 0.0637 e. The van der Waals surface area contributed by atoms with E-state index in [4.69, 9.17) is 17.3 Å². The first-order chi connectivity index (χ1) is 9.57. The standard InChI is InChI=1S/C17H17ClN2/c1-12-17(19,10-13-5-3-2-4-6-13)11-14-7-8-15(18)9-16(14)20-12/h2-9,20H,1,10-11,19H2. The Morgan fingerprint density at radius 3 is 2.70 bits per heavy atom. The number of benzene rings is 2. The van der Waals surface area contributed by atoms with E-state index in [1.807, 2.05) is 36.4 Å². The predicted octanol–water partition coefficient (Wildman–Crippen LogP) is 3.76. The van der Waals surface area contributed by atoms with E-state index in [1.165, 1.54) is 11.1 Å². The quantitative estimate of drug-likeness (QED) is 0.881. The number of nitrogens with two attached hydrogens (primary N) is 1. The Balaban J connectivity index is 1.91. The van der Waals surface area contributed by atoms with Gasteiger partial charge in [0.2, 0.25) is 0 Å². The third kappa shape index (κ3) is 2.45. The van der Waals surface area contributed by atoms with E-state index in [0.717, 1.165) is 29.2 Å². The van der Waals surface area contributed by atoms with Crippen LogP contribution in [0.5, 0.6) is 0 Å². The van der Waals surface area contributed by atoms with E-state index in [-0.39, 0.29) is 0 Å². The lowest BCUT2D eigenvalue weighted by Crippen LogP contribution is -2.50. The van der Waals surface area contributed by atoms with Gasteiger partial charge in [0.15, 0.2) is 0 Å². The van der Waals surface area contributed by atoms with Crippen molar-refractivity contribution < 1.29 is 0 Å². The van der Waals surface area contributed by atoms with Gasteiger partial charge in [0.05, 0.1) is 5.54 Å². The Hall–Kier alpha value is -1.77. The lowest BCUT2D eigenvalue weighted by molar-refractivity contribution is 0.486. The molecule has 0 radical (unpaired) electrons. The topological polar surface area (TPSA) is 38.0 Å². The van der Waals surface area contributed by atoms with Crippen molar-refractivity contribution in [2.45, 2.75) is 18.4 Å². The molecule has 1 atom stereocenters. The van der Waals surface area contributed by atoms with Gasteiger partial charge in [0.1, 0.15) is 0 Å². The monoisotopic (exact) mass is 284 g/mol. The molecule has 1 aliphatic heterocycles. The number of fused-ring (bicyclic) bond motifs is 1. The second kappa shape index (κ2) is 4.97. The van der Waals surface area contributed by atoms with Crippen LogP contribution in [0.25, 0.3) is 0 Å². The molecule has 0 fully saturated rings. The van der Waals surface area contributed by atoms with Crippen molar-refractivity contribution in [2.75, 3.05) is 5.32 Å². The van der Waals surface area contributed by atoms with E-state index < -0.39 is 5.54 Å². The maximum absolute atomic E-state index is 6.59. The summed E-state index contributed by atoms with van der Waals surface area (Å²) in [5.74, 6) is 0. The number of hydrogen-bond donors (Lipinski definition) is 2. The number of anilines is 1.